The largest absolute Gasteiger partial charge is 0.307 e. The Morgan fingerprint density at radius 3 is 2.56 bits per heavy atom. The van der Waals surface area contributed by atoms with Crippen LogP contribution in [0.2, 0.25) is 0 Å². The molecular formula is C12H18BrNOS. The molecule has 2 nitrogen and oxygen atoms in total. The summed E-state index contributed by atoms with van der Waals surface area (Å²) in [7, 11) is -0.748. The predicted octanol–water partition coefficient (Wildman–Crippen LogP) is 2.87. The third kappa shape index (κ3) is 4.36. The lowest BCUT2D eigenvalue weighted by Crippen LogP contribution is -2.33. The SMILES string of the molecule is CC(CS(C)=O)NC(C)c1ccccc1Br. The lowest BCUT2D eigenvalue weighted by atomic mass is 10.1. The Balaban J connectivity index is 2.62. The standard InChI is InChI=1S/C12H18BrNOS/c1-9(8-16(3)15)14-10(2)11-6-4-5-7-12(11)13/h4-7,9-10,14H,8H2,1-3H3. The van der Waals surface area contributed by atoms with Crippen molar-refractivity contribution in [1.82, 2.24) is 5.32 Å². The maximum absolute atomic E-state index is 11.1. The van der Waals surface area contributed by atoms with E-state index in [1.54, 1.807) is 6.26 Å². The fourth-order valence-corrected chi connectivity index (χ4v) is 3.17. The molecule has 0 aliphatic rings. The second-order valence-corrected chi connectivity index (χ2v) is 6.38. The summed E-state index contributed by atoms with van der Waals surface area (Å²) >= 11 is 3.54. The van der Waals surface area contributed by atoms with E-state index < -0.39 is 10.8 Å². The van der Waals surface area contributed by atoms with E-state index in [9.17, 15) is 4.21 Å². The predicted molar refractivity (Wildman–Crippen MR) is 74.1 cm³/mol. The summed E-state index contributed by atoms with van der Waals surface area (Å²) in [6, 6.07) is 8.68. The van der Waals surface area contributed by atoms with Crippen LogP contribution in [-0.2, 0) is 10.8 Å². The van der Waals surface area contributed by atoms with Crippen LogP contribution in [0.25, 0.3) is 0 Å². The molecule has 90 valence electrons. The number of benzene rings is 1. The van der Waals surface area contributed by atoms with E-state index in [-0.39, 0.29) is 12.1 Å². The first-order chi connectivity index (χ1) is 7.50. The van der Waals surface area contributed by atoms with Crippen molar-refractivity contribution in [3.05, 3.63) is 34.3 Å². The quantitative estimate of drug-likeness (QED) is 0.906. The van der Waals surface area contributed by atoms with Gasteiger partial charge in [0.15, 0.2) is 0 Å². The summed E-state index contributed by atoms with van der Waals surface area (Å²) in [5, 5.41) is 3.45. The first-order valence-corrected chi connectivity index (χ1v) is 7.83. The molecule has 4 heteroatoms. The number of hydrogen-bond donors (Lipinski definition) is 1. The lowest BCUT2D eigenvalue weighted by molar-refractivity contribution is 0.507. The lowest BCUT2D eigenvalue weighted by Gasteiger charge is -2.20. The summed E-state index contributed by atoms with van der Waals surface area (Å²) in [4.78, 5) is 0. The third-order valence-electron chi connectivity index (χ3n) is 2.39. The van der Waals surface area contributed by atoms with Gasteiger partial charge in [-0.3, -0.25) is 4.21 Å². The second-order valence-electron chi connectivity index (χ2n) is 4.05. The third-order valence-corrected chi connectivity index (χ3v) is 4.08. The van der Waals surface area contributed by atoms with Gasteiger partial charge in [-0.25, -0.2) is 0 Å². The van der Waals surface area contributed by atoms with Crippen LogP contribution in [0.1, 0.15) is 25.5 Å². The fourth-order valence-electron chi connectivity index (χ4n) is 1.74. The van der Waals surface area contributed by atoms with Crippen molar-refractivity contribution in [3.8, 4) is 0 Å². The average Bonchev–Trinajstić information content (AvgIpc) is 2.16. The van der Waals surface area contributed by atoms with Gasteiger partial charge in [0, 0.05) is 39.4 Å². The van der Waals surface area contributed by atoms with E-state index in [0.29, 0.717) is 5.75 Å². The number of rotatable bonds is 5. The summed E-state index contributed by atoms with van der Waals surface area (Å²) < 4.78 is 12.2. The molecule has 0 aliphatic heterocycles. The number of nitrogens with one attached hydrogen (secondary N) is 1. The van der Waals surface area contributed by atoms with Crippen molar-refractivity contribution < 1.29 is 4.21 Å². The summed E-state index contributed by atoms with van der Waals surface area (Å²) in [5.74, 6) is 0.689. The van der Waals surface area contributed by atoms with E-state index in [0.717, 1.165) is 4.47 Å². The molecule has 1 aromatic carbocycles. The van der Waals surface area contributed by atoms with Gasteiger partial charge in [0.25, 0.3) is 0 Å². The van der Waals surface area contributed by atoms with Crippen molar-refractivity contribution in [2.24, 2.45) is 0 Å². The Kier molecular flexibility index (Phi) is 5.66. The zero-order chi connectivity index (χ0) is 12.1. The second kappa shape index (κ2) is 6.52. The molecule has 1 aromatic rings. The Morgan fingerprint density at radius 2 is 2.00 bits per heavy atom. The van der Waals surface area contributed by atoms with Gasteiger partial charge < -0.3 is 5.32 Å². The zero-order valence-corrected chi connectivity index (χ0v) is 12.3. The van der Waals surface area contributed by atoms with Crippen molar-refractivity contribution in [2.75, 3.05) is 12.0 Å². The van der Waals surface area contributed by atoms with Crippen LogP contribution in [0, 0.1) is 0 Å². The van der Waals surface area contributed by atoms with Crippen molar-refractivity contribution >= 4 is 26.7 Å². The zero-order valence-electron chi connectivity index (χ0n) is 9.87. The maximum atomic E-state index is 11.1. The Hall–Kier alpha value is -0.190. The molecule has 0 heterocycles. The van der Waals surface area contributed by atoms with Crippen LogP contribution in [0.4, 0.5) is 0 Å². The number of hydrogen-bond acceptors (Lipinski definition) is 2. The summed E-state index contributed by atoms with van der Waals surface area (Å²) in [6.45, 7) is 4.18. The van der Waals surface area contributed by atoms with Gasteiger partial charge in [-0.05, 0) is 25.5 Å². The minimum Gasteiger partial charge on any atom is -0.307 e. The molecule has 0 aliphatic carbocycles. The molecule has 0 aromatic heterocycles. The fraction of sp³-hybridized carbons (Fsp3) is 0.500. The van der Waals surface area contributed by atoms with Crippen LogP contribution < -0.4 is 5.32 Å². The van der Waals surface area contributed by atoms with Gasteiger partial charge in [-0.15, -0.1) is 0 Å². The minimum atomic E-state index is -0.748. The van der Waals surface area contributed by atoms with E-state index in [2.05, 4.69) is 41.2 Å². The monoisotopic (exact) mass is 303 g/mol. The minimum absolute atomic E-state index is 0.257. The topological polar surface area (TPSA) is 29.1 Å². The van der Waals surface area contributed by atoms with E-state index >= 15 is 0 Å². The molecule has 3 atom stereocenters. The Bertz CT molecular complexity index is 370. The molecule has 0 amide bonds. The van der Waals surface area contributed by atoms with Gasteiger partial charge in [0.2, 0.25) is 0 Å². The van der Waals surface area contributed by atoms with Crippen molar-refractivity contribution in [3.63, 3.8) is 0 Å². The van der Waals surface area contributed by atoms with Crippen LogP contribution in [-0.4, -0.2) is 22.3 Å². The average molecular weight is 304 g/mol. The van der Waals surface area contributed by atoms with E-state index in [1.165, 1.54) is 5.56 Å². The molecule has 0 saturated heterocycles. The highest BCUT2D eigenvalue weighted by Gasteiger charge is 2.12. The maximum Gasteiger partial charge on any atom is 0.0383 e. The van der Waals surface area contributed by atoms with Gasteiger partial charge in [-0.2, -0.15) is 0 Å². The smallest absolute Gasteiger partial charge is 0.0383 e. The molecule has 0 bridgehead atoms. The molecule has 0 saturated carbocycles. The van der Waals surface area contributed by atoms with E-state index in [4.69, 9.17) is 0 Å². The molecule has 1 rings (SSSR count). The van der Waals surface area contributed by atoms with Crippen molar-refractivity contribution in [1.29, 1.82) is 0 Å². The molecule has 0 fully saturated rings. The first kappa shape index (κ1) is 13.9. The first-order valence-electron chi connectivity index (χ1n) is 5.31. The van der Waals surface area contributed by atoms with Crippen LogP contribution >= 0.6 is 15.9 Å². The summed E-state index contributed by atoms with van der Waals surface area (Å²) in [6.07, 6.45) is 1.74. The molecular weight excluding hydrogens is 286 g/mol. The molecule has 16 heavy (non-hydrogen) atoms. The highest BCUT2D eigenvalue weighted by Crippen LogP contribution is 2.22. The van der Waals surface area contributed by atoms with Gasteiger partial charge in [0.1, 0.15) is 0 Å². The normalized spacial score (nSPS) is 16.8. The van der Waals surface area contributed by atoms with Gasteiger partial charge in [-0.1, -0.05) is 34.1 Å². The Morgan fingerprint density at radius 1 is 1.38 bits per heavy atom. The Labute approximate surface area is 108 Å². The van der Waals surface area contributed by atoms with Crippen LogP contribution in [0.5, 0.6) is 0 Å². The highest BCUT2D eigenvalue weighted by molar-refractivity contribution is 9.10. The van der Waals surface area contributed by atoms with Crippen LogP contribution in [0.3, 0.4) is 0 Å². The van der Waals surface area contributed by atoms with Crippen LogP contribution in [0.15, 0.2) is 28.7 Å². The van der Waals surface area contributed by atoms with Gasteiger partial charge in [0.05, 0.1) is 0 Å². The molecule has 1 N–H and O–H groups in total. The molecule has 3 unspecified atom stereocenters. The van der Waals surface area contributed by atoms with E-state index in [1.807, 2.05) is 18.2 Å². The van der Waals surface area contributed by atoms with Gasteiger partial charge >= 0.3 is 0 Å². The number of halogens is 1. The molecule has 0 spiro atoms. The summed E-state index contributed by atoms with van der Waals surface area (Å²) in [5.41, 5.74) is 1.23. The van der Waals surface area contributed by atoms with Crippen molar-refractivity contribution in [2.45, 2.75) is 25.9 Å². The highest BCUT2D eigenvalue weighted by atomic mass is 79.9. The molecule has 0 radical (unpaired) electrons.